The van der Waals surface area contributed by atoms with Gasteiger partial charge in [-0.2, -0.15) is 0 Å². The van der Waals surface area contributed by atoms with Crippen LogP contribution < -0.4 is 0 Å². The first-order valence-electron chi connectivity index (χ1n) is 5.30. The van der Waals surface area contributed by atoms with E-state index in [1.54, 1.807) is 0 Å². The molecule has 1 heterocycles. The number of hydrogen-bond donors (Lipinski definition) is 0. The minimum absolute atomic E-state index is 0.305. The molecular weight excluding hydrogens is 242 g/mol. The van der Waals surface area contributed by atoms with E-state index >= 15 is 0 Å². The lowest BCUT2D eigenvalue weighted by Gasteiger charge is -2.06. The molecule has 0 bridgehead atoms. The largest absolute Gasteiger partial charge is 0.252 e. The van der Waals surface area contributed by atoms with Gasteiger partial charge in [0.15, 0.2) is 0 Å². The predicted octanol–water partition coefficient (Wildman–Crippen LogP) is 2.92. The number of halogens is 1. The maximum Gasteiger partial charge on any atom is 0.0960 e. The van der Waals surface area contributed by atoms with Crippen LogP contribution in [0.1, 0.15) is 43.1 Å². The molecule has 14 heavy (non-hydrogen) atoms. The molecule has 0 N–H and O–H groups in total. The maximum atomic E-state index is 4.14. The zero-order valence-electron chi connectivity index (χ0n) is 8.49. The van der Waals surface area contributed by atoms with E-state index in [2.05, 4.69) is 39.4 Å². The molecule has 0 aromatic carbocycles. The molecule has 4 heteroatoms. The fraction of sp³-hybridized carbons (Fsp3) is 0.800. The smallest absolute Gasteiger partial charge is 0.0960 e. The number of hydrogen-bond acceptors (Lipinski definition) is 2. The molecule has 1 aliphatic carbocycles. The van der Waals surface area contributed by atoms with Crippen molar-refractivity contribution in [2.24, 2.45) is 5.92 Å². The fourth-order valence-corrected chi connectivity index (χ4v) is 2.25. The second kappa shape index (κ2) is 4.43. The lowest BCUT2D eigenvalue weighted by atomic mass is 10.1. The summed E-state index contributed by atoms with van der Waals surface area (Å²) in [7, 11) is 0. The molecular formula is C10H16BrN3. The third kappa shape index (κ3) is 2.35. The van der Waals surface area contributed by atoms with E-state index in [9.17, 15) is 0 Å². The summed E-state index contributed by atoms with van der Waals surface area (Å²) in [4.78, 5) is 0.305. The summed E-state index contributed by atoms with van der Waals surface area (Å²) >= 11 is 3.49. The minimum Gasteiger partial charge on any atom is -0.252 e. The number of rotatable bonds is 3. The van der Waals surface area contributed by atoms with Crippen LogP contribution in [0.2, 0.25) is 0 Å². The van der Waals surface area contributed by atoms with Crippen molar-refractivity contribution in [2.75, 3.05) is 0 Å². The first kappa shape index (κ1) is 10.1. The summed E-state index contributed by atoms with van der Waals surface area (Å²) in [5, 5.41) is 8.26. The minimum atomic E-state index is 0.305. The van der Waals surface area contributed by atoms with Crippen molar-refractivity contribution in [3.8, 4) is 0 Å². The Morgan fingerprint density at radius 1 is 1.57 bits per heavy atom. The number of aromatic nitrogens is 3. The summed E-state index contributed by atoms with van der Waals surface area (Å²) in [5.41, 5.74) is 1.03. The van der Waals surface area contributed by atoms with Crippen LogP contribution in [-0.4, -0.2) is 15.0 Å². The molecule has 1 saturated carbocycles. The molecule has 0 saturated heterocycles. The molecule has 3 nitrogen and oxygen atoms in total. The summed E-state index contributed by atoms with van der Waals surface area (Å²) in [6.45, 7) is 3.12. The highest BCUT2D eigenvalue weighted by Crippen LogP contribution is 2.26. The van der Waals surface area contributed by atoms with E-state index < -0.39 is 0 Å². The van der Waals surface area contributed by atoms with Gasteiger partial charge in [-0.3, -0.25) is 4.68 Å². The topological polar surface area (TPSA) is 30.7 Å². The van der Waals surface area contributed by atoms with Crippen molar-refractivity contribution in [1.29, 1.82) is 0 Å². The van der Waals surface area contributed by atoms with Crippen LogP contribution in [0.5, 0.6) is 0 Å². The summed E-state index contributed by atoms with van der Waals surface area (Å²) < 4.78 is 1.99. The Kier molecular flexibility index (Phi) is 3.21. The Morgan fingerprint density at radius 2 is 2.29 bits per heavy atom. The lowest BCUT2D eigenvalue weighted by molar-refractivity contribution is 0.421. The van der Waals surface area contributed by atoms with E-state index in [0.29, 0.717) is 4.83 Å². The zero-order valence-corrected chi connectivity index (χ0v) is 10.1. The first-order valence-corrected chi connectivity index (χ1v) is 6.21. The van der Waals surface area contributed by atoms with E-state index in [0.717, 1.165) is 18.2 Å². The van der Waals surface area contributed by atoms with Crippen LogP contribution in [0.25, 0.3) is 0 Å². The van der Waals surface area contributed by atoms with Gasteiger partial charge in [0.1, 0.15) is 0 Å². The monoisotopic (exact) mass is 257 g/mol. The van der Waals surface area contributed by atoms with Crippen LogP contribution >= 0.6 is 15.9 Å². The van der Waals surface area contributed by atoms with Crippen molar-refractivity contribution in [3.05, 3.63) is 11.9 Å². The summed E-state index contributed by atoms with van der Waals surface area (Å²) in [6.07, 6.45) is 7.55. The van der Waals surface area contributed by atoms with Crippen LogP contribution in [0.15, 0.2) is 6.20 Å². The van der Waals surface area contributed by atoms with Crippen molar-refractivity contribution < 1.29 is 0 Å². The Bertz CT molecular complexity index is 289. The van der Waals surface area contributed by atoms with Crippen molar-refractivity contribution in [1.82, 2.24) is 15.0 Å². The average Bonchev–Trinajstić information content (AvgIpc) is 2.75. The second-order valence-electron chi connectivity index (χ2n) is 4.13. The highest BCUT2D eigenvalue weighted by atomic mass is 79.9. The molecule has 1 aromatic rings. The first-order chi connectivity index (χ1) is 6.75. The van der Waals surface area contributed by atoms with Gasteiger partial charge < -0.3 is 0 Å². The van der Waals surface area contributed by atoms with E-state index in [-0.39, 0.29) is 0 Å². The van der Waals surface area contributed by atoms with E-state index in [1.807, 2.05) is 4.68 Å². The Balaban J connectivity index is 1.95. The van der Waals surface area contributed by atoms with Gasteiger partial charge in [0.25, 0.3) is 0 Å². The Hall–Kier alpha value is -0.380. The van der Waals surface area contributed by atoms with Crippen molar-refractivity contribution in [3.63, 3.8) is 0 Å². The Labute approximate surface area is 93.0 Å². The van der Waals surface area contributed by atoms with Gasteiger partial charge in [0.2, 0.25) is 0 Å². The predicted molar refractivity (Wildman–Crippen MR) is 59.3 cm³/mol. The van der Waals surface area contributed by atoms with Crippen LogP contribution in [-0.2, 0) is 6.54 Å². The molecule has 0 amide bonds. The van der Waals surface area contributed by atoms with Crippen LogP contribution in [0.3, 0.4) is 0 Å². The van der Waals surface area contributed by atoms with Crippen molar-refractivity contribution >= 4 is 15.9 Å². The van der Waals surface area contributed by atoms with E-state index in [4.69, 9.17) is 0 Å². The second-order valence-corrected chi connectivity index (χ2v) is 5.51. The zero-order chi connectivity index (χ0) is 9.97. The third-order valence-electron chi connectivity index (χ3n) is 2.88. The van der Waals surface area contributed by atoms with Crippen LogP contribution in [0, 0.1) is 5.92 Å². The molecule has 0 spiro atoms. The summed E-state index contributed by atoms with van der Waals surface area (Å²) in [6, 6.07) is 0. The third-order valence-corrected chi connectivity index (χ3v) is 3.35. The van der Waals surface area contributed by atoms with Gasteiger partial charge >= 0.3 is 0 Å². The van der Waals surface area contributed by atoms with Gasteiger partial charge in [0.05, 0.1) is 10.5 Å². The molecule has 78 valence electrons. The Morgan fingerprint density at radius 3 is 2.86 bits per heavy atom. The standard InChI is InChI=1S/C10H16BrN3/c1-8(11)10-7-14(13-12-10)6-9-4-2-3-5-9/h7-9H,2-6H2,1H3. The molecule has 1 unspecified atom stereocenters. The maximum absolute atomic E-state index is 4.14. The normalized spacial score (nSPS) is 20.1. The lowest BCUT2D eigenvalue weighted by Crippen LogP contribution is -2.07. The van der Waals surface area contributed by atoms with Crippen LogP contribution in [0.4, 0.5) is 0 Å². The molecule has 0 radical (unpaired) electrons. The molecule has 1 aliphatic rings. The average molecular weight is 258 g/mol. The summed E-state index contributed by atoms with van der Waals surface area (Å²) in [5.74, 6) is 0.829. The van der Waals surface area contributed by atoms with Crippen molar-refractivity contribution in [2.45, 2.75) is 44.0 Å². The fourth-order valence-electron chi connectivity index (χ4n) is 2.04. The molecule has 1 aromatic heterocycles. The highest BCUT2D eigenvalue weighted by Gasteiger charge is 2.16. The van der Waals surface area contributed by atoms with Gasteiger partial charge in [0, 0.05) is 12.7 Å². The van der Waals surface area contributed by atoms with Gasteiger partial charge in [-0.25, -0.2) is 0 Å². The number of alkyl halides is 1. The van der Waals surface area contributed by atoms with Gasteiger partial charge in [-0.15, -0.1) is 5.10 Å². The van der Waals surface area contributed by atoms with E-state index in [1.165, 1.54) is 25.7 Å². The van der Waals surface area contributed by atoms with Gasteiger partial charge in [-0.05, 0) is 25.7 Å². The molecule has 1 atom stereocenters. The highest BCUT2D eigenvalue weighted by molar-refractivity contribution is 9.09. The quantitative estimate of drug-likeness (QED) is 0.780. The SMILES string of the molecule is CC(Br)c1cn(CC2CCCC2)nn1. The number of nitrogens with zero attached hydrogens (tertiary/aromatic N) is 3. The molecule has 1 fully saturated rings. The molecule has 2 rings (SSSR count). The van der Waals surface area contributed by atoms with Gasteiger partial charge in [-0.1, -0.05) is 34.0 Å². The molecule has 0 aliphatic heterocycles.